The van der Waals surface area contributed by atoms with Gasteiger partial charge in [0.1, 0.15) is 4.75 Å². The molecule has 0 radical (unpaired) electrons. The summed E-state index contributed by atoms with van der Waals surface area (Å²) in [6.07, 6.45) is 0. The molecule has 0 spiro atoms. The van der Waals surface area contributed by atoms with Crippen molar-refractivity contribution in [1.82, 2.24) is 0 Å². The Hall–Kier alpha value is -0.340. The van der Waals surface area contributed by atoms with Gasteiger partial charge < -0.3 is 25.5 Å². The van der Waals surface area contributed by atoms with E-state index in [9.17, 15) is 4.79 Å². The third kappa shape index (κ3) is 7.02. The number of aliphatic hydroxyl groups excluding tert-OH is 4. The summed E-state index contributed by atoms with van der Waals surface area (Å²) in [6, 6.07) is 0. The first-order valence-corrected chi connectivity index (χ1v) is 5.03. The summed E-state index contributed by atoms with van der Waals surface area (Å²) < 4.78 is -0.889. The molecule has 0 aromatic heterocycles. The van der Waals surface area contributed by atoms with Crippen LogP contribution >= 0.6 is 12.6 Å². The monoisotopic (exact) mass is 256 g/mol. The Morgan fingerprint density at radius 2 is 1.19 bits per heavy atom. The van der Waals surface area contributed by atoms with E-state index in [0.717, 1.165) is 0 Å². The maximum absolute atomic E-state index is 9.94. The molecule has 0 aliphatic heterocycles. The van der Waals surface area contributed by atoms with Crippen molar-refractivity contribution in [3.63, 3.8) is 0 Å². The number of aliphatic hydroxyl groups is 4. The van der Waals surface area contributed by atoms with Crippen LogP contribution in [-0.4, -0.2) is 62.7 Å². The summed E-state index contributed by atoms with van der Waals surface area (Å²) in [6.45, 7) is 1.43. The average molecular weight is 256 g/mol. The van der Waals surface area contributed by atoms with Gasteiger partial charge in [-0.2, -0.15) is 12.6 Å². The lowest BCUT2D eigenvalue weighted by Gasteiger charge is -2.23. The van der Waals surface area contributed by atoms with Crippen molar-refractivity contribution in [2.24, 2.45) is 5.41 Å². The lowest BCUT2D eigenvalue weighted by molar-refractivity contribution is -0.138. The van der Waals surface area contributed by atoms with E-state index < -0.39 is 42.6 Å². The van der Waals surface area contributed by atoms with Crippen LogP contribution in [0.5, 0.6) is 0 Å². The fourth-order valence-corrected chi connectivity index (χ4v) is 0.300. The Kier molecular flexibility index (Phi) is 8.86. The van der Waals surface area contributed by atoms with Gasteiger partial charge in [-0.1, -0.05) is 0 Å². The third-order valence-electron chi connectivity index (χ3n) is 1.87. The predicted octanol–water partition coefficient (Wildman–Crippen LogP) is -1.28. The molecule has 0 rings (SSSR count). The van der Waals surface area contributed by atoms with Gasteiger partial charge in [0.15, 0.2) is 0 Å². The molecule has 0 aliphatic carbocycles. The molecule has 0 fully saturated rings. The van der Waals surface area contributed by atoms with Crippen LogP contribution in [0.4, 0.5) is 0 Å². The lowest BCUT2D eigenvalue weighted by Crippen LogP contribution is -2.37. The molecule has 0 atom stereocenters. The van der Waals surface area contributed by atoms with Crippen molar-refractivity contribution >= 4 is 18.6 Å². The predicted molar refractivity (Wildman–Crippen MR) is 61.5 cm³/mol. The molecule has 5 N–H and O–H groups in total. The van der Waals surface area contributed by atoms with Gasteiger partial charge in [-0.3, -0.25) is 4.79 Å². The lowest BCUT2D eigenvalue weighted by atomic mass is 9.93. The molecule has 0 aromatic rings. The van der Waals surface area contributed by atoms with E-state index in [4.69, 9.17) is 25.5 Å². The second-order valence-electron chi connectivity index (χ2n) is 4.00. The van der Waals surface area contributed by atoms with Crippen molar-refractivity contribution in [2.45, 2.75) is 18.6 Å². The molecule has 98 valence electrons. The zero-order chi connectivity index (χ0) is 13.4. The Morgan fingerprint density at radius 1 is 1.00 bits per heavy atom. The first-order chi connectivity index (χ1) is 7.19. The van der Waals surface area contributed by atoms with Gasteiger partial charge in [-0.25, -0.2) is 0 Å². The van der Waals surface area contributed by atoms with Crippen LogP contribution in [0.15, 0.2) is 0 Å². The Balaban J connectivity index is 0. The highest BCUT2D eigenvalue weighted by Gasteiger charge is 2.26. The number of thiol groups is 1. The summed E-state index contributed by atoms with van der Waals surface area (Å²) >= 11 is 3.75. The highest BCUT2D eigenvalue weighted by Crippen LogP contribution is 2.12. The minimum atomic E-state index is -1.11. The molecule has 0 bridgehead atoms. The molecule has 0 heterocycles. The Morgan fingerprint density at radius 3 is 1.19 bits per heavy atom. The Bertz CT molecular complexity index is 179. The van der Waals surface area contributed by atoms with Crippen molar-refractivity contribution in [2.75, 3.05) is 26.4 Å². The van der Waals surface area contributed by atoms with E-state index >= 15 is 0 Å². The van der Waals surface area contributed by atoms with Crippen LogP contribution in [0, 0.1) is 5.41 Å². The zero-order valence-corrected chi connectivity index (χ0v) is 10.3. The quantitative estimate of drug-likeness (QED) is 0.341. The maximum Gasteiger partial charge on any atom is 0.318 e. The van der Waals surface area contributed by atoms with E-state index in [0.29, 0.717) is 0 Å². The highest BCUT2D eigenvalue weighted by molar-refractivity contribution is 7.82. The smallest absolute Gasteiger partial charge is 0.318 e. The molecule has 0 saturated carbocycles. The van der Waals surface area contributed by atoms with Crippen LogP contribution in [0.2, 0.25) is 0 Å². The molecule has 0 aromatic carbocycles. The third-order valence-corrected chi connectivity index (χ3v) is 2.06. The van der Waals surface area contributed by atoms with Crippen molar-refractivity contribution in [3.05, 3.63) is 0 Å². The number of carboxylic acid groups (broad SMARTS) is 1. The van der Waals surface area contributed by atoms with E-state index in [-0.39, 0.29) is 0 Å². The van der Waals surface area contributed by atoms with E-state index in [1.54, 1.807) is 0 Å². The molecular formula is C9H20O6S. The van der Waals surface area contributed by atoms with Crippen molar-refractivity contribution in [1.29, 1.82) is 0 Å². The molecule has 0 aliphatic rings. The summed E-state index contributed by atoms with van der Waals surface area (Å²) in [7, 11) is 0. The zero-order valence-electron chi connectivity index (χ0n) is 9.42. The number of hydrogen-bond donors (Lipinski definition) is 6. The summed E-state index contributed by atoms with van der Waals surface area (Å²) in [5.74, 6) is -0.893. The molecule has 16 heavy (non-hydrogen) atoms. The minimum Gasteiger partial charge on any atom is -0.480 e. The van der Waals surface area contributed by atoms with Crippen LogP contribution < -0.4 is 0 Å². The van der Waals surface area contributed by atoms with Gasteiger partial charge >= 0.3 is 5.97 Å². The Labute approximate surface area is 100.0 Å². The van der Waals surface area contributed by atoms with Crippen LogP contribution in [0.25, 0.3) is 0 Å². The van der Waals surface area contributed by atoms with Gasteiger partial charge in [0, 0.05) is 0 Å². The SMILES string of the molecule is CC(C)(S)C(=O)O.OCC(CO)(CO)CO. The summed E-state index contributed by atoms with van der Waals surface area (Å²) in [5, 5.41) is 42.2. The standard InChI is InChI=1S/C5H12O4.C4H8O2S/c6-1-5(2-7,3-8)4-9;1-4(2,7)3(5)6/h6-9H,1-4H2;7H,1-2H3,(H,5,6). The van der Waals surface area contributed by atoms with E-state index in [1.807, 2.05) is 0 Å². The topological polar surface area (TPSA) is 118 Å². The molecule has 0 saturated heterocycles. The van der Waals surface area contributed by atoms with Crippen LogP contribution in [-0.2, 0) is 4.79 Å². The van der Waals surface area contributed by atoms with Crippen LogP contribution in [0.3, 0.4) is 0 Å². The largest absolute Gasteiger partial charge is 0.480 e. The van der Waals surface area contributed by atoms with Gasteiger partial charge in [0.25, 0.3) is 0 Å². The number of rotatable bonds is 5. The molecule has 6 nitrogen and oxygen atoms in total. The van der Waals surface area contributed by atoms with Gasteiger partial charge in [0.2, 0.25) is 0 Å². The summed E-state index contributed by atoms with van der Waals surface area (Å²) in [5.41, 5.74) is -1.11. The fraction of sp³-hybridized carbons (Fsp3) is 0.889. The average Bonchev–Trinajstić information content (AvgIpc) is 2.21. The van der Waals surface area contributed by atoms with E-state index in [1.165, 1.54) is 13.8 Å². The molecular weight excluding hydrogens is 236 g/mol. The first-order valence-electron chi connectivity index (χ1n) is 4.58. The number of carboxylic acids is 1. The maximum atomic E-state index is 9.94. The molecule has 7 heteroatoms. The number of aliphatic carboxylic acids is 1. The fourth-order valence-electron chi connectivity index (χ4n) is 0.300. The molecule has 0 unspecified atom stereocenters. The number of hydrogen-bond acceptors (Lipinski definition) is 6. The normalized spacial score (nSPS) is 11.7. The molecule has 0 amide bonds. The number of carbonyl (C=O) groups is 1. The van der Waals surface area contributed by atoms with Crippen LogP contribution in [0.1, 0.15) is 13.8 Å². The van der Waals surface area contributed by atoms with Gasteiger partial charge in [-0.15, -0.1) is 0 Å². The van der Waals surface area contributed by atoms with E-state index in [2.05, 4.69) is 12.6 Å². The highest BCUT2D eigenvalue weighted by atomic mass is 32.1. The van der Waals surface area contributed by atoms with Gasteiger partial charge in [-0.05, 0) is 13.8 Å². The van der Waals surface area contributed by atoms with Crippen molar-refractivity contribution < 1.29 is 30.3 Å². The van der Waals surface area contributed by atoms with Crippen molar-refractivity contribution in [3.8, 4) is 0 Å². The summed E-state index contributed by atoms with van der Waals surface area (Å²) in [4.78, 5) is 9.94. The first kappa shape index (κ1) is 18.0. The second kappa shape index (κ2) is 7.86. The van der Waals surface area contributed by atoms with Gasteiger partial charge in [0.05, 0.1) is 31.8 Å². The second-order valence-corrected chi connectivity index (χ2v) is 5.11. The minimum absolute atomic E-state index is 0.406.